The summed E-state index contributed by atoms with van der Waals surface area (Å²) in [5.74, 6) is -0.583. The lowest BCUT2D eigenvalue weighted by Gasteiger charge is -2.17. The average molecular weight is 311 g/mol. The molecule has 1 fully saturated rings. The zero-order valence-electron chi connectivity index (χ0n) is 10.1. The molecule has 1 aliphatic heterocycles. The van der Waals surface area contributed by atoms with Crippen molar-refractivity contribution in [3.8, 4) is 0 Å². The molecule has 96 valence electrons. The van der Waals surface area contributed by atoms with Gasteiger partial charge in [-0.2, -0.15) is 0 Å². The summed E-state index contributed by atoms with van der Waals surface area (Å²) in [5, 5.41) is 0. The van der Waals surface area contributed by atoms with Gasteiger partial charge in [-0.3, -0.25) is 9.59 Å². The molecule has 1 aliphatic rings. The first kappa shape index (κ1) is 13.1. The highest BCUT2D eigenvalue weighted by Gasteiger charge is 2.30. The van der Waals surface area contributed by atoms with E-state index in [1.807, 2.05) is 19.1 Å². The molecular weight excluding hydrogens is 296 g/mol. The molecule has 1 aromatic rings. The van der Waals surface area contributed by atoms with E-state index in [1.165, 1.54) is 0 Å². The summed E-state index contributed by atoms with van der Waals surface area (Å²) < 4.78 is 0.817. The summed E-state index contributed by atoms with van der Waals surface area (Å²) in [7, 11) is 0. The van der Waals surface area contributed by atoms with Crippen molar-refractivity contribution in [2.45, 2.75) is 13.3 Å². The second kappa shape index (κ2) is 5.10. The predicted molar refractivity (Wildman–Crippen MR) is 72.1 cm³/mol. The number of benzene rings is 1. The normalized spacial score (nSPS) is 19.0. The van der Waals surface area contributed by atoms with Crippen LogP contribution in [-0.4, -0.2) is 29.8 Å². The lowest BCUT2D eigenvalue weighted by atomic mass is 10.1. The van der Waals surface area contributed by atoms with Crippen LogP contribution in [0.1, 0.15) is 22.3 Å². The van der Waals surface area contributed by atoms with Gasteiger partial charge in [-0.1, -0.05) is 12.1 Å². The van der Waals surface area contributed by atoms with E-state index in [4.69, 9.17) is 5.73 Å². The number of carbonyl (C=O) groups is 2. The lowest BCUT2D eigenvalue weighted by Crippen LogP contribution is -2.32. The fourth-order valence-electron chi connectivity index (χ4n) is 2.16. The Balaban J connectivity index is 2.18. The molecule has 0 radical (unpaired) electrons. The number of rotatable bonds is 2. The standard InChI is InChI=1S/C13H15BrN2O2/c1-8-3-2-4-10(11(8)14)13(18)16-6-5-9(7-16)12(15)17/h2-4,9H,5-7H2,1H3,(H2,15,17). The molecule has 2 amide bonds. The molecule has 0 spiro atoms. The molecule has 1 heterocycles. The number of carbonyl (C=O) groups excluding carboxylic acids is 2. The van der Waals surface area contributed by atoms with Gasteiger partial charge in [0.25, 0.3) is 5.91 Å². The van der Waals surface area contributed by atoms with Gasteiger partial charge in [0.05, 0.1) is 11.5 Å². The van der Waals surface area contributed by atoms with Crippen LogP contribution in [0.3, 0.4) is 0 Å². The molecule has 2 rings (SSSR count). The maximum absolute atomic E-state index is 12.3. The third-order valence-electron chi connectivity index (χ3n) is 3.30. The van der Waals surface area contributed by atoms with Crippen molar-refractivity contribution in [3.63, 3.8) is 0 Å². The quantitative estimate of drug-likeness (QED) is 0.903. The molecule has 5 heteroatoms. The molecule has 1 aromatic carbocycles. The van der Waals surface area contributed by atoms with Crippen LogP contribution in [0.2, 0.25) is 0 Å². The summed E-state index contributed by atoms with van der Waals surface area (Å²) in [5.41, 5.74) is 6.93. The van der Waals surface area contributed by atoms with Crippen molar-refractivity contribution in [1.82, 2.24) is 4.90 Å². The first-order valence-corrected chi connectivity index (χ1v) is 6.63. The van der Waals surface area contributed by atoms with Crippen molar-refractivity contribution in [2.75, 3.05) is 13.1 Å². The van der Waals surface area contributed by atoms with Crippen LogP contribution in [0.4, 0.5) is 0 Å². The average Bonchev–Trinajstić information content (AvgIpc) is 2.81. The number of halogens is 1. The van der Waals surface area contributed by atoms with E-state index in [9.17, 15) is 9.59 Å². The molecular formula is C13H15BrN2O2. The van der Waals surface area contributed by atoms with Crippen LogP contribution in [0.25, 0.3) is 0 Å². The van der Waals surface area contributed by atoms with Gasteiger partial charge >= 0.3 is 0 Å². The van der Waals surface area contributed by atoms with E-state index in [1.54, 1.807) is 11.0 Å². The zero-order chi connectivity index (χ0) is 13.3. The van der Waals surface area contributed by atoms with Crippen molar-refractivity contribution in [2.24, 2.45) is 11.7 Å². The Labute approximate surface area is 114 Å². The van der Waals surface area contributed by atoms with E-state index in [0.717, 1.165) is 10.0 Å². The first-order valence-electron chi connectivity index (χ1n) is 5.84. The minimum atomic E-state index is -0.325. The van der Waals surface area contributed by atoms with Gasteiger partial charge in [-0.25, -0.2) is 0 Å². The molecule has 0 saturated carbocycles. The van der Waals surface area contributed by atoms with Gasteiger partial charge in [0.15, 0.2) is 0 Å². The maximum atomic E-state index is 12.3. The minimum absolute atomic E-state index is 0.0469. The SMILES string of the molecule is Cc1cccc(C(=O)N2CCC(C(N)=O)C2)c1Br. The molecule has 2 N–H and O–H groups in total. The number of hydrogen-bond acceptors (Lipinski definition) is 2. The van der Waals surface area contributed by atoms with Crippen LogP contribution in [0.5, 0.6) is 0 Å². The molecule has 4 nitrogen and oxygen atoms in total. The number of likely N-dealkylation sites (tertiary alicyclic amines) is 1. The van der Waals surface area contributed by atoms with Crippen molar-refractivity contribution in [1.29, 1.82) is 0 Å². The van der Waals surface area contributed by atoms with Gasteiger partial charge in [-0.05, 0) is 40.9 Å². The van der Waals surface area contributed by atoms with Crippen molar-refractivity contribution < 1.29 is 9.59 Å². The number of hydrogen-bond donors (Lipinski definition) is 1. The highest BCUT2D eigenvalue weighted by molar-refractivity contribution is 9.10. The van der Waals surface area contributed by atoms with Gasteiger partial charge in [0.2, 0.25) is 5.91 Å². The van der Waals surface area contributed by atoms with E-state index in [-0.39, 0.29) is 17.7 Å². The molecule has 1 saturated heterocycles. The molecule has 0 bridgehead atoms. The van der Waals surface area contributed by atoms with E-state index in [2.05, 4.69) is 15.9 Å². The van der Waals surface area contributed by atoms with E-state index < -0.39 is 0 Å². The topological polar surface area (TPSA) is 63.4 Å². The summed E-state index contributed by atoms with van der Waals surface area (Å²) in [6.45, 7) is 2.96. The third kappa shape index (κ3) is 2.41. The van der Waals surface area contributed by atoms with Crippen LogP contribution in [-0.2, 0) is 4.79 Å². The summed E-state index contributed by atoms with van der Waals surface area (Å²) in [4.78, 5) is 25.1. The van der Waals surface area contributed by atoms with Gasteiger partial charge in [0.1, 0.15) is 0 Å². The third-order valence-corrected chi connectivity index (χ3v) is 4.35. The molecule has 1 unspecified atom stereocenters. The Morgan fingerprint density at radius 1 is 1.44 bits per heavy atom. The Bertz CT molecular complexity index is 502. The smallest absolute Gasteiger partial charge is 0.255 e. The predicted octanol–water partition coefficient (Wildman–Crippen LogP) is 1.70. The maximum Gasteiger partial charge on any atom is 0.255 e. The molecule has 1 atom stereocenters. The highest BCUT2D eigenvalue weighted by Crippen LogP contribution is 2.25. The van der Waals surface area contributed by atoms with Crippen LogP contribution in [0.15, 0.2) is 22.7 Å². The van der Waals surface area contributed by atoms with Crippen LogP contribution in [0, 0.1) is 12.8 Å². The highest BCUT2D eigenvalue weighted by atomic mass is 79.9. The second-order valence-electron chi connectivity index (χ2n) is 4.58. The summed E-state index contributed by atoms with van der Waals surface area (Å²) >= 11 is 3.43. The number of nitrogens with zero attached hydrogens (tertiary/aromatic N) is 1. The monoisotopic (exact) mass is 310 g/mol. The first-order chi connectivity index (χ1) is 8.50. The van der Waals surface area contributed by atoms with Gasteiger partial charge in [-0.15, -0.1) is 0 Å². The Morgan fingerprint density at radius 3 is 2.78 bits per heavy atom. The summed E-state index contributed by atoms with van der Waals surface area (Å²) in [6.07, 6.45) is 0.657. The number of aryl methyl sites for hydroxylation is 1. The minimum Gasteiger partial charge on any atom is -0.369 e. The Morgan fingerprint density at radius 2 is 2.17 bits per heavy atom. The van der Waals surface area contributed by atoms with Crippen molar-refractivity contribution >= 4 is 27.7 Å². The number of nitrogens with two attached hydrogens (primary N) is 1. The molecule has 0 aliphatic carbocycles. The van der Waals surface area contributed by atoms with Crippen molar-refractivity contribution in [3.05, 3.63) is 33.8 Å². The number of amides is 2. The second-order valence-corrected chi connectivity index (χ2v) is 5.37. The Hall–Kier alpha value is -1.36. The summed E-state index contributed by atoms with van der Waals surface area (Å²) in [6, 6.07) is 5.59. The fourth-order valence-corrected chi connectivity index (χ4v) is 2.59. The zero-order valence-corrected chi connectivity index (χ0v) is 11.7. The molecule has 18 heavy (non-hydrogen) atoms. The Kier molecular flexibility index (Phi) is 3.71. The lowest BCUT2D eigenvalue weighted by molar-refractivity contribution is -0.121. The van der Waals surface area contributed by atoms with Gasteiger partial charge in [0, 0.05) is 17.6 Å². The van der Waals surface area contributed by atoms with Crippen LogP contribution < -0.4 is 5.73 Å². The van der Waals surface area contributed by atoms with E-state index in [0.29, 0.717) is 25.1 Å². The van der Waals surface area contributed by atoms with E-state index >= 15 is 0 Å². The number of primary amides is 1. The fraction of sp³-hybridized carbons (Fsp3) is 0.385. The molecule has 0 aromatic heterocycles. The largest absolute Gasteiger partial charge is 0.369 e. The van der Waals surface area contributed by atoms with Crippen LogP contribution >= 0.6 is 15.9 Å². The van der Waals surface area contributed by atoms with Gasteiger partial charge < -0.3 is 10.6 Å².